The van der Waals surface area contributed by atoms with Crippen molar-refractivity contribution in [1.82, 2.24) is 0 Å². The molecule has 288 valence electrons. The van der Waals surface area contributed by atoms with Crippen LogP contribution >= 0.6 is 17.0 Å². The zero-order chi connectivity index (χ0) is 39.5. The molecule has 0 saturated carbocycles. The van der Waals surface area contributed by atoms with Crippen LogP contribution < -0.4 is 10.4 Å². The van der Waals surface area contributed by atoms with E-state index in [-0.39, 0.29) is 5.43 Å². The summed E-state index contributed by atoms with van der Waals surface area (Å²) in [5.41, 5.74) is 8.09. The Morgan fingerprint density at radius 2 is 0.815 bits per heavy atom. The summed E-state index contributed by atoms with van der Waals surface area (Å²) in [7, 11) is 8.69. The Balaban J connectivity index is 0.000000209. The van der Waals surface area contributed by atoms with Gasteiger partial charge >= 0.3 is 53.5 Å². The molecule has 0 unspecified atom stereocenters. The van der Waals surface area contributed by atoms with Gasteiger partial charge < -0.3 is 0 Å². The van der Waals surface area contributed by atoms with Gasteiger partial charge in [-0.1, -0.05) is 174 Å². The fraction of sp³-hybridized carbons (Fsp3) is 0.375. The van der Waals surface area contributed by atoms with Gasteiger partial charge in [0.1, 0.15) is 0 Å². The van der Waals surface area contributed by atoms with Gasteiger partial charge in [-0.25, -0.2) is 0 Å². The molecule has 6 rings (SSSR count). The molecule has 6 aromatic carbocycles. The monoisotopic (exact) mass is 884 g/mol. The third-order valence-corrected chi connectivity index (χ3v) is 43.5. The molecule has 0 bridgehead atoms. The van der Waals surface area contributed by atoms with Crippen LogP contribution in [0.25, 0.3) is 43.8 Å². The summed E-state index contributed by atoms with van der Waals surface area (Å²) in [5, 5.41) is 8.78. The summed E-state index contributed by atoms with van der Waals surface area (Å²) in [4.78, 5) is 0. The average molecular weight is 887 g/mol. The second-order valence-electron chi connectivity index (χ2n) is 15.1. The predicted octanol–water partition coefficient (Wildman–Crippen LogP) is 15.2. The maximum atomic E-state index is 5.62. The van der Waals surface area contributed by atoms with Crippen LogP contribution in [0.3, 0.4) is 0 Å². The first-order valence-electron chi connectivity index (χ1n) is 20.6. The summed E-state index contributed by atoms with van der Waals surface area (Å²) >= 11 is -1.65. The first-order valence-corrected chi connectivity index (χ1v) is 38.3. The topological polar surface area (TPSA) is 0 Å². The minimum atomic E-state index is -1.65. The van der Waals surface area contributed by atoms with Crippen molar-refractivity contribution >= 4 is 70.5 Å². The molecule has 6 heteroatoms. The van der Waals surface area contributed by atoms with Gasteiger partial charge in [0.05, 0.1) is 16.1 Å². The molecule has 0 saturated heterocycles. The van der Waals surface area contributed by atoms with Gasteiger partial charge in [-0.05, 0) is 24.0 Å². The van der Waals surface area contributed by atoms with Crippen molar-refractivity contribution in [2.24, 2.45) is 0 Å². The van der Waals surface area contributed by atoms with E-state index in [1.165, 1.54) is 91.2 Å². The summed E-state index contributed by atoms with van der Waals surface area (Å²) in [6, 6.07) is 49.9. The molecule has 0 amide bonds. The Kier molecular flexibility index (Phi) is 17.6. The fourth-order valence-corrected chi connectivity index (χ4v) is 15.4. The quantitative estimate of drug-likeness (QED) is 0.0848. The number of aryl methyl sites for hydroxylation is 2. The molecule has 0 fully saturated rings. The standard InChI is InChI=1S/2C23H29Si.C2H6Si.2ClH.Zr/c2*1-5-18-16-20-10-9-11-22(23(20)17-18)19-12-14-21(15-13-19)24(6-2,7-3)8-4;1-3-2;;;/h2*9-17H,5-8H2,1-4H3;1-2H3;2*1H;/q2*-1;;;;+2/p-2. The Labute approximate surface area is 345 Å². The third kappa shape index (κ3) is 10.4. The van der Waals surface area contributed by atoms with Crippen LogP contribution in [0.1, 0.15) is 66.5 Å². The molecule has 0 aliphatic heterocycles. The molecule has 0 aliphatic carbocycles. The fourth-order valence-electron chi connectivity index (χ4n) is 8.24. The molecule has 6 aromatic rings. The normalized spacial score (nSPS) is 11.6. The number of hydrogen-bond acceptors (Lipinski definition) is 0. The average Bonchev–Trinajstić information content (AvgIpc) is 3.85. The van der Waals surface area contributed by atoms with E-state index in [1.807, 2.05) is 0 Å². The SMILES string of the molecule is CCc1cc2c(-c3ccc([Si](CC)(CC)CC)cc3)cccc2[cH-]1.CCc1cc2c(-c3ccc([Si](CC)(CC)CC)cc3)cccc2[cH-]1.C[Si](C)=[Zr]([Cl])[Cl]. The van der Waals surface area contributed by atoms with Crippen LogP contribution in [0.4, 0.5) is 0 Å². The number of hydrogen-bond donors (Lipinski definition) is 0. The molecule has 0 aromatic heterocycles. The molecular weight excluding hydrogens is 823 g/mol. The first-order chi connectivity index (χ1) is 26.0. The Morgan fingerprint density at radius 1 is 0.500 bits per heavy atom. The Hall–Kier alpha value is -1.79. The van der Waals surface area contributed by atoms with Crippen molar-refractivity contribution in [3.63, 3.8) is 0 Å². The number of halogens is 2. The molecule has 0 nitrogen and oxygen atoms in total. The van der Waals surface area contributed by atoms with Crippen molar-refractivity contribution in [2.45, 2.75) is 118 Å². The maximum absolute atomic E-state index is 5.62. The van der Waals surface area contributed by atoms with E-state index < -0.39 is 34.1 Å². The number of benzene rings is 4. The summed E-state index contributed by atoms with van der Waals surface area (Å²) < 4.78 is 0. The molecule has 0 radical (unpaired) electrons. The first kappa shape index (κ1) is 44.9. The molecule has 54 heavy (non-hydrogen) atoms. The van der Waals surface area contributed by atoms with E-state index in [0.717, 1.165) is 12.8 Å². The molecule has 0 N–H and O–H groups in total. The zero-order valence-corrected chi connectivity index (χ0v) is 41.8. The van der Waals surface area contributed by atoms with Crippen molar-refractivity contribution < 1.29 is 18.0 Å². The van der Waals surface area contributed by atoms with Gasteiger partial charge in [-0.15, -0.1) is 69.1 Å². The number of fused-ring (bicyclic) bond motifs is 2. The van der Waals surface area contributed by atoms with E-state index in [4.69, 9.17) is 17.0 Å². The summed E-state index contributed by atoms with van der Waals surface area (Å²) in [6.45, 7) is 23.1. The van der Waals surface area contributed by atoms with E-state index in [2.05, 4.69) is 178 Å². The minimum absolute atomic E-state index is 0.224. The van der Waals surface area contributed by atoms with Gasteiger partial charge in [0, 0.05) is 0 Å². The molecule has 0 aliphatic rings. The van der Waals surface area contributed by atoms with Crippen molar-refractivity contribution in [3.05, 3.63) is 120 Å². The van der Waals surface area contributed by atoms with Crippen LogP contribution in [0.2, 0.25) is 49.4 Å². The van der Waals surface area contributed by atoms with Crippen molar-refractivity contribution in [1.29, 1.82) is 0 Å². The van der Waals surface area contributed by atoms with Gasteiger partial charge in [-0.3, -0.25) is 0 Å². The molecule has 0 heterocycles. The van der Waals surface area contributed by atoms with E-state index in [1.54, 1.807) is 10.4 Å². The summed E-state index contributed by atoms with van der Waals surface area (Å²) in [5.74, 6) is 0. The van der Waals surface area contributed by atoms with Crippen LogP contribution in [0.15, 0.2) is 109 Å². The van der Waals surface area contributed by atoms with E-state index in [0.29, 0.717) is 0 Å². The van der Waals surface area contributed by atoms with Crippen molar-refractivity contribution in [3.8, 4) is 22.3 Å². The number of rotatable bonds is 12. The second kappa shape index (κ2) is 21.1. The van der Waals surface area contributed by atoms with Gasteiger partial charge in [0.2, 0.25) is 0 Å². The van der Waals surface area contributed by atoms with E-state index >= 15 is 0 Å². The predicted molar refractivity (Wildman–Crippen MR) is 252 cm³/mol. The Morgan fingerprint density at radius 3 is 1.07 bits per heavy atom. The summed E-state index contributed by atoms with van der Waals surface area (Å²) in [6.07, 6.45) is 2.20. The molecular formula is C48H64Cl2Si3Zr-2. The second-order valence-corrected chi connectivity index (χ2v) is 48.6. The van der Waals surface area contributed by atoms with Gasteiger partial charge in [-0.2, -0.15) is 12.1 Å². The van der Waals surface area contributed by atoms with E-state index in [9.17, 15) is 0 Å². The van der Waals surface area contributed by atoms with Crippen LogP contribution in [0, 0.1) is 0 Å². The third-order valence-electron chi connectivity index (χ3n) is 12.5. The Bertz CT molecular complexity index is 1920. The van der Waals surface area contributed by atoms with Gasteiger partial charge in [0.15, 0.2) is 0 Å². The van der Waals surface area contributed by atoms with Crippen LogP contribution in [0.5, 0.6) is 0 Å². The molecule has 0 spiro atoms. The molecule has 0 atom stereocenters. The van der Waals surface area contributed by atoms with Crippen molar-refractivity contribution in [2.75, 3.05) is 0 Å². The zero-order valence-electron chi connectivity index (χ0n) is 34.8. The van der Waals surface area contributed by atoms with Crippen LogP contribution in [-0.2, 0) is 30.8 Å². The van der Waals surface area contributed by atoms with Gasteiger partial charge in [0.25, 0.3) is 0 Å². The van der Waals surface area contributed by atoms with Crippen LogP contribution in [-0.4, -0.2) is 21.6 Å².